The van der Waals surface area contributed by atoms with E-state index in [1.807, 2.05) is 54.6 Å². The molecule has 9 rings (SSSR count). The molecule has 0 bridgehead atoms. The number of rotatable bonds is 8. The number of carboxylic acid groups (broad SMARTS) is 1. The average Bonchev–Trinajstić information content (AvgIpc) is 3.64. The zero-order valence-electron chi connectivity index (χ0n) is 30.9. The number of primary amides is 1. The molecule has 8 aromatic rings. The molecule has 0 unspecified atom stereocenters. The number of benzene rings is 5. The van der Waals surface area contributed by atoms with E-state index in [2.05, 4.69) is 19.9 Å². The van der Waals surface area contributed by atoms with Gasteiger partial charge >= 0.3 is 5.97 Å². The maximum Gasteiger partial charge on any atom is 0.337 e. The molecule has 2 amide bonds. The van der Waals surface area contributed by atoms with E-state index >= 15 is 0 Å². The third kappa shape index (κ3) is 6.70. The molecular formula is C46H34Cl2N6O4. The number of aromatic carboxylic acids is 1. The number of carbonyl (C=O) groups is 3. The van der Waals surface area contributed by atoms with Crippen molar-refractivity contribution in [3.05, 3.63) is 142 Å². The summed E-state index contributed by atoms with van der Waals surface area (Å²) < 4.78 is 2.19. The van der Waals surface area contributed by atoms with Gasteiger partial charge in [-0.25, -0.2) is 14.8 Å². The molecule has 0 saturated heterocycles. The van der Waals surface area contributed by atoms with Gasteiger partial charge in [0.2, 0.25) is 5.91 Å². The van der Waals surface area contributed by atoms with Crippen molar-refractivity contribution >= 4 is 79.5 Å². The van der Waals surface area contributed by atoms with Gasteiger partial charge in [0.25, 0.3) is 5.91 Å². The van der Waals surface area contributed by atoms with Crippen LogP contribution in [0.5, 0.6) is 0 Å². The summed E-state index contributed by atoms with van der Waals surface area (Å²) in [6, 6.07) is 32.3. The van der Waals surface area contributed by atoms with E-state index in [9.17, 15) is 19.5 Å². The molecule has 0 atom stereocenters. The summed E-state index contributed by atoms with van der Waals surface area (Å²) in [6.07, 6.45) is 6.46. The van der Waals surface area contributed by atoms with E-state index in [4.69, 9.17) is 33.9 Å². The Morgan fingerprint density at radius 1 is 0.707 bits per heavy atom. The number of nitrogens with zero attached hydrogens (tertiary/aromatic N) is 4. The number of hydrogen-bond donors (Lipinski definition) is 3. The minimum atomic E-state index is -1.31. The van der Waals surface area contributed by atoms with Crippen molar-refractivity contribution in [2.75, 3.05) is 5.32 Å². The van der Waals surface area contributed by atoms with Crippen molar-refractivity contribution in [2.24, 2.45) is 5.73 Å². The van der Waals surface area contributed by atoms with Crippen molar-refractivity contribution < 1.29 is 19.5 Å². The van der Waals surface area contributed by atoms with Crippen LogP contribution in [-0.4, -0.2) is 42.4 Å². The van der Waals surface area contributed by atoms with Gasteiger partial charge in [0.1, 0.15) is 11.5 Å². The lowest BCUT2D eigenvalue weighted by atomic mass is 9.86. The number of nitrogens with two attached hydrogens (primary N) is 1. The molecule has 58 heavy (non-hydrogen) atoms. The Bertz CT molecular complexity index is 2960. The number of fused-ring (bicyclic) bond motifs is 3. The van der Waals surface area contributed by atoms with Crippen molar-refractivity contribution in [2.45, 2.75) is 38.1 Å². The van der Waals surface area contributed by atoms with Crippen LogP contribution in [0.2, 0.25) is 10.0 Å². The molecule has 1 saturated carbocycles. The number of carbonyl (C=O) groups excluding carboxylic acids is 2. The summed E-state index contributed by atoms with van der Waals surface area (Å²) in [4.78, 5) is 55.0. The molecular weight excluding hydrogens is 771 g/mol. The number of pyridine rings is 2. The fourth-order valence-electron chi connectivity index (χ4n) is 8.22. The maximum absolute atomic E-state index is 13.8. The Balaban J connectivity index is 1.32. The molecule has 10 nitrogen and oxygen atoms in total. The summed E-state index contributed by atoms with van der Waals surface area (Å²) in [6.45, 7) is 0. The first-order valence-corrected chi connectivity index (χ1v) is 19.6. The fourth-order valence-corrected chi connectivity index (χ4v) is 8.47. The molecule has 0 radical (unpaired) electrons. The number of carboxylic acids is 1. The number of imidazole rings is 1. The normalized spacial score (nSPS) is 13.3. The highest BCUT2D eigenvalue weighted by Crippen LogP contribution is 2.47. The molecule has 12 heteroatoms. The van der Waals surface area contributed by atoms with Crippen LogP contribution in [0.25, 0.3) is 66.5 Å². The highest BCUT2D eigenvalue weighted by atomic mass is 35.5. The molecule has 286 valence electrons. The first-order valence-electron chi connectivity index (χ1n) is 18.9. The minimum absolute atomic E-state index is 0.0300. The lowest BCUT2D eigenvalue weighted by molar-refractivity contribution is 0.0693. The van der Waals surface area contributed by atoms with Crippen LogP contribution >= 0.6 is 23.2 Å². The Kier molecular flexibility index (Phi) is 9.59. The van der Waals surface area contributed by atoms with Crippen LogP contribution < -0.4 is 11.1 Å². The smallest absolute Gasteiger partial charge is 0.337 e. The number of amides is 2. The summed E-state index contributed by atoms with van der Waals surface area (Å²) in [5, 5.41) is 16.5. The van der Waals surface area contributed by atoms with Crippen LogP contribution in [0, 0.1) is 0 Å². The van der Waals surface area contributed by atoms with Gasteiger partial charge in [-0.3, -0.25) is 14.6 Å². The second-order valence-electron chi connectivity index (χ2n) is 14.4. The van der Waals surface area contributed by atoms with E-state index in [-0.39, 0.29) is 34.3 Å². The van der Waals surface area contributed by atoms with Gasteiger partial charge < -0.3 is 20.7 Å². The molecule has 3 heterocycles. The van der Waals surface area contributed by atoms with Crippen LogP contribution in [0.3, 0.4) is 0 Å². The van der Waals surface area contributed by atoms with Crippen molar-refractivity contribution in [3.63, 3.8) is 0 Å². The van der Waals surface area contributed by atoms with Crippen molar-refractivity contribution in [1.82, 2.24) is 19.5 Å². The van der Waals surface area contributed by atoms with Crippen LogP contribution in [0.1, 0.15) is 69.4 Å². The predicted molar refractivity (Wildman–Crippen MR) is 229 cm³/mol. The standard InChI is InChI=1S/C46H34Cl2N6O4/c47-30-13-8-25(9-14-30)38-39(43(49)55)40(46(57)58)37(28-11-19-34-26(23-28)5-4-22-50-34)41-42(38)54(33-6-2-1-3-7-33)44(53-41)29-12-20-35-27(24-29)10-21-36(52-35)45(56)51-32-17-15-31(48)16-18-32/h4-5,8-24,33H,1-3,6-7H2,(H2,49,55)(H,51,56)(H,57,58). The van der Waals surface area contributed by atoms with Gasteiger partial charge in [0, 0.05) is 55.4 Å². The molecule has 5 aromatic carbocycles. The summed E-state index contributed by atoms with van der Waals surface area (Å²) >= 11 is 12.4. The van der Waals surface area contributed by atoms with E-state index in [0.29, 0.717) is 54.8 Å². The monoisotopic (exact) mass is 804 g/mol. The Morgan fingerprint density at radius 3 is 2.09 bits per heavy atom. The Morgan fingerprint density at radius 2 is 1.36 bits per heavy atom. The second-order valence-corrected chi connectivity index (χ2v) is 15.3. The zero-order valence-corrected chi connectivity index (χ0v) is 32.4. The average molecular weight is 806 g/mol. The Labute approximate surface area is 342 Å². The molecule has 1 aliphatic rings. The second kappa shape index (κ2) is 15.0. The van der Waals surface area contributed by atoms with Crippen LogP contribution in [-0.2, 0) is 0 Å². The highest BCUT2D eigenvalue weighted by Gasteiger charge is 2.34. The number of halogens is 2. The summed E-state index contributed by atoms with van der Waals surface area (Å²) in [5.41, 5.74) is 11.6. The Hall–Kier alpha value is -6.62. The molecule has 1 fully saturated rings. The number of hydrogen-bond acceptors (Lipinski definition) is 6. The fraction of sp³-hybridized carbons (Fsp3) is 0.130. The van der Waals surface area contributed by atoms with Gasteiger partial charge in [-0.1, -0.05) is 72.8 Å². The van der Waals surface area contributed by atoms with E-state index in [1.165, 1.54) is 0 Å². The van der Waals surface area contributed by atoms with Crippen LogP contribution in [0.4, 0.5) is 5.69 Å². The predicted octanol–water partition coefficient (Wildman–Crippen LogP) is 11.0. The van der Waals surface area contributed by atoms with Crippen molar-refractivity contribution in [1.29, 1.82) is 0 Å². The lowest BCUT2D eigenvalue weighted by Crippen LogP contribution is -2.21. The third-order valence-electron chi connectivity index (χ3n) is 10.8. The summed E-state index contributed by atoms with van der Waals surface area (Å²) in [5.74, 6) is -1.95. The van der Waals surface area contributed by atoms with E-state index in [1.54, 1.807) is 60.8 Å². The van der Waals surface area contributed by atoms with E-state index < -0.39 is 11.9 Å². The minimum Gasteiger partial charge on any atom is -0.478 e. The highest BCUT2D eigenvalue weighted by molar-refractivity contribution is 6.31. The summed E-state index contributed by atoms with van der Waals surface area (Å²) in [7, 11) is 0. The molecule has 1 aliphatic carbocycles. The molecule has 0 spiro atoms. The van der Waals surface area contributed by atoms with Crippen LogP contribution in [0.15, 0.2) is 115 Å². The van der Waals surface area contributed by atoms with Crippen molar-refractivity contribution in [3.8, 4) is 33.6 Å². The zero-order chi connectivity index (χ0) is 40.1. The molecule has 3 aromatic heterocycles. The SMILES string of the molecule is NC(=O)c1c(C(=O)O)c(-c2ccc3ncccc3c2)c2nc(-c3ccc4nc(C(=O)Nc5ccc(Cl)cc5)ccc4c3)n(C3CCCCC3)c2c1-c1ccc(Cl)cc1. The van der Waals surface area contributed by atoms with E-state index in [0.717, 1.165) is 54.0 Å². The maximum atomic E-state index is 13.8. The largest absolute Gasteiger partial charge is 0.478 e. The quantitative estimate of drug-likeness (QED) is 0.138. The topological polar surface area (TPSA) is 153 Å². The van der Waals surface area contributed by atoms with Gasteiger partial charge in [-0.15, -0.1) is 0 Å². The first kappa shape index (κ1) is 37.0. The number of nitrogens with one attached hydrogen (secondary N) is 1. The van der Waals surface area contributed by atoms with Gasteiger partial charge in [0.15, 0.2) is 0 Å². The number of aromatic nitrogens is 4. The molecule has 4 N–H and O–H groups in total. The van der Waals surface area contributed by atoms with Gasteiger partial charge in [0.05, 0.1) is 33.2 Å². The van der Waals surface area contributed by atoms with Gasteiger partial charge in [-0.2, -0.15) is 0 Å². The van der Waals surface area contributed by atoms with Gasteiger partial charge in [-0.05, 0) is 103 Å². The third-order valence-corrected chi connectivity index (χ3v) is 11.3. The first-order chi connectivity index (χ1) is 28.1. The molecule has 0 aliphatic heterocycles. The number of anilines is 1. The lowest BCUT2D eigenvalue weighted by Gasteiger charge is -2.27.